The molecule has 1 fully saturated rings. The highest BCUT2D eigenvalue weighted by molar-refractivity contribution is 5.79. The van der Waals surface area contributed by atoms with E-state index >= 15 is 0 Å². The Morgan fingerprint density at radius 3 is 2.95 bits per heavy atom. The highest BCUT2D eigenvalue weighted by atomic mass is 16.5. The number of hydrogen-bond acceptors (Lipinski definition) is 4. The van der Waals surface area contributed by atoms with Crippen LogP contribution < -0.4 is 9.47 Å². The highest BCUT2D eigenvalue weighted by Gasteiger charge is 2.48. The Balaban J connectivity index is 2.10. The van der Waals surface area contributed by atoms with Gasteiger partial charge in [0.25, 0.3) is 0 Å². The summed E-state index contributed by atoms with van der Waals surface area (Å²) in [6.45, 7) is 4.17. The van der Waals surface area contributed by atoms with E-state index < -0.39 is 17.7 Å². The van der Waals surface area contributed by atoms with Gasteiger partial charge in [0.15, 0.2) is 12.4 Å². The van der Waals surface area contributed by atoms with Crippen molar-refractivity contribution in [1.29, 1.82) is 0 Å². The van der Waals surface area contributed by atoms with Crippen LogP contribution in [0.25, 0.3) is 0 Å². The number of aromatic nitrogens is 1. The lowest BCUT2D eigenvalue weighted by atomic mass is 9.86. The number of aliphatic hydroxyl groups is 1. The maximum absolute atomic E-state index is 12.0. The van der Waals surface area contributed by atoms with Gasteiger partial charge in [-0.25, -0.2) is 0 Å². The zero-order valence-electron chi connectivity index (χ0n) is 11.6. The topological polar surface area (TPSA) is 76.7 Å². The third kappa shape index (κ3) is 1.91. The molecule has 0 radical (unpaired) electrons. The summed E-state index contributed by atoms with van der Waals surface area (Å²) in [6, 6.07) is 1.06. The van der Waals surface area contributed by atoms with Gasteiger partial charge >= 0.3 is 0 Å². The monoisotopic (exact) mass is 278 g/mol. The summed E-state index contributed by atoms with van der Waals surface area (Å²) in [7, 11) is 0. The fourth-order valence-corrected chi connectivity index (χ4v) is 2.99. The zero-order chi connectivity index (χ0) is 14.5. The summed E-state index contributed by atoms with van der Waals surface area (Å²) < 4.78 is 6.44. The maximum Gasteiger partial charge on any atom is 0.223 e. The number of rotatable bonds is 1. The second-order valence-corrected chi connectivity index (χ2v) is 5.91. The molecular formula is C14H18N2O4. The van der Waals surface area contributed by atoms with Gasteiger partial charge in [0, 0.05) is 19.0 Å². The van der Waals surface area contributed by atoms with Crippen molar-refractivity contribution in [2.24, 2.45) is 0 Å². The van der Waals surface area contributed by atoms with Crippen molar-refractivity contribution < 1.29 is 19.4 Å². The minimum Gasteiger partial charge on any atom is -0.619 e. The second-order valence-electron chi connectivity index (χ2n) is 5.91. The zero-order valence-corrected chi connectivity index (χ0v) is 11.6. The van der Waals surface area contributed by atoms with E-state index in [1.807, 2.05) is 0 Å². The molecule has 1 aromatic heterocycles. The molecular weight excluding hydrogens is 260 g/mol. The first-order valence-electron chi connectivity index (χ1n) is 6.79. The van der Waals surface area contributed by atoms with Crippen LogP contribution in [0.5, 0.6) is 5.75 Å². The minimum absolute atomic E-state index is 0.0130. The van der Waals surface area contributed by atoms with Gasteiger partial charge in [-0.2, -0.15) is 4.73 Å². The first kappa shape index (κ1) is 13.2. The fourth-order valence-electron chi connectivity index (χ4n) is 2.99. The van der Waals surface area contributed by atoms with Gasteiger partial charge in [-0.1, -0.05) is 0 Å². The van der Waals surface area contributed by atoms with Gasteiger partial charge in [0.2, 0.25) is 5.91 Å². The molecule has 2 aliphatic rings. The van der Waals surface area contributed by atoms with Crippen molar-refractivity contribution in [1.82, 2.24) is 4.90 Å². The van der Waals surface area contributed by atoms with Gasteiger partial charge in [-0.15, -0.1) is 0 Å². The summed E-state index contributed by atoms with van der Waals surface area (Å²) in [5.74, 6) is 0.566. The molecule has 1 amide bonds. The lowest BCUT2D eigenvalue weighted by Gasteiger charge is -2.44. The number of carbonyl (C=O) groups is 1. The van der Waals surface area contributed by atoms with Crippen LogP contribution in [0, 0.1) is 5.21 Å². The first-order valence-corrected chi connectivity index (χ1v) is 6.79. The smallest absolute Gasteiger partial charge is 0.223 e. The molecule has 0 aliphatic carbocycles. The van der Waals surface area contributed by atoms with E-state index in [0.717, 1.165) is 6.42 Å². The quantitative estimate of drug-likeness (QED) is 0.600. The average Bonchev–Trinajstić information content (AvgIpc) is 2.78. The summed E-state index contributed by atoms with van der Waals surface area (Å²) in [6.07, 6.45) is 3.13. The summed E-state index contributed by atoms with van der Waals surface area (Å²) in [4.78, 5) is 13.7. The Kier molecular flexibility index (Phi) is 2.86. The van der Waals surface area contributed by atoms with Crippen LogP contribution in [0.2, 0.25) is 0 Å². The first-order chi connectivity index (χ1) is 9.40. The number of likely N-dealkylation sites (tertiary alicyclic amines) is 1. The summed E-state index contributed by atoms with van der Waals surface area (Å²) in [5.41, 5.74) is -0.236. The van der Waals surface area contributed by atoms with Crippen LogP contribution in [-0.4, -0.2) is 34.2 Å². The molecule has 2 aliphatic heterocycles. The normalized spacial score (nSPS) is 28.1. The summed E-state index contributed by atoms with van der Waals surface area (Å²) >= 11 is 0. The minimum atomic E-state index is -0.876. The molecule has 108 valence electrons. The molecule has 0 spiro atoms. The number of nitrogens with zero attached hydrogens (tertiary/aromatic N) is 2. The number of amides is 1. The van der Waals surface area contributed by atoms with Crippen LogP contribution in [0.15, 0.2) is 18.5 Å². The molecule has 6 nitrogen and oxygen atoms in total. The molecule has 2 atom stereocenters. The van der Waals surface area contributed by atoms with Crippen molar-refractivity contribution in [3.63, 3.8) is 0 Å². The molecule has 1 aromatic rings. The number of fused-ring (bicyclic) bond motifs is 1. The molecule has 3 heterocycles. The highest BCUT2D eigenvalue weighted by Crippen LogP contribution is 2.43. The molecule has 1 N–H and O–H groups in total. The standard InChI is InChI=1S/C14H18N2O4/c1-14(2)13(18)12(16-6-3-4-11(16)17)9-8-15(19)7-5-10(9)20-14/h5,7-8,12-13,18H,3-4,6H2,1-2H3/t12-,13+/m1/s1. The van der Waals surface area contributed by atoms with Crippen LogP contribution in [0.4, 0.5) is 0 Å². The third-order valence-corrected chi connectivity index (χ3v) is 4.07. The third-order valence-electron chi connectivity index (χ3n) is 4.07. The van der Waals surface area contributed by atoms with E-state index in [4.69, 9.17) is 4.74 Å². The molecule has 0 saturated carbocycles. The second kappa shape index (κ2) is 4.34. The number of hydrogen-bond donors (Lipinski definition) is 1. The number of carbonyl (C=O) groups excluding carboxylic acids is 1. The van der Waals surface area contributed by atoms with Gasteiger partial charge in [-0.05, 0) is 20.3 Å². The largest absolute Gasteiger partial charge is 0.619 e. The number of aliphatic hydroxyl groups excluding tert-OH is 1. The molecule has 6 heteroatoms. The van der Waals surface area contributed by atoms with Crippen molar-refractivity contribution >= 4 is 5.91 Å². The van der Waals surface area contributed by atoms with Crippen LogP contribution in [0.1, 0.15) is 38.3 Å². The van der Waals surface area contributed by atoms with Gasteiger partial charge in [0.1, 0.15) is 17.5 Å². The Morgan fingerprint density at radius 1 is 1.55 bits per heavy atom. The van der Waals surface area contributed by atoms with Crippen molar-refractivity contribution in [3.8, 4) is 5.75 Å². The van der Waals surface area contributed by atoms with Gasteiger partial charge in [0.05, 0.1) is 11.6 Å². The van der Waals surface area contributed by atoms with Gasteiger partial charge < -0.3 is 20.0 Å². The van der Waals surface area contributed by atoms with E-state index in [1.54, 1.807) is 24.8 Å². The predicted molar refractivity (Wildman–Crippen MR) is 69.8 cm³/mol. The van der Waals surface area contributed by atoms with E-state index in [9.17, 15) is 15.1 Å². The molecule has 3 rings (SSSR count). The maximum atomic E-state index is 12.0. The molecule has 20 heavy (non-hydrogen) atoms. The van der Waals surface area contributed by atoms with Crippen LogP contribution >= 0.6 is 0 Å². The van der Waals surface area contributed by atoms with Crippen molar-refractivity contribution in [3.05, 3.63) is 29.2 Å². The fraction of sp³-hybridized carbons (Fsp3) is 0.571. The van der Waals surface area contributed by atoms with E-state index in [0.29, 0.717) is 29.0 Å². The average molecular weight is 278 g/mol. The van der Waals surface area contributed by atoms with Crippen LogP contribution in [0.3, 0.4) is 0 Å². The number of pyridine rings is 1. The Labute approximate surface area is 117 Å². The number of ether oxygens (including phenoxy) is 1. The SMILES string of the molecule is CC1(C)Oc2cc[n+]([O-])cc2[C@@H](N2CCCC2=O)[C@@H]1O. The Bertz CT molecular complexity index is 558. The molecule has 0 bridgehead atoms. The molecule has 0 unspecified atom stereocenters. The van der Waals surface area contributed by atoms with E-state index in [1.165, 1.54) is 12.4 Å². The van der Waals surface area contributed by atoms with E-state index in [-0.39, 0.29) is 5.91 Å². The van der Waals surface area contributed by atoms with Gasteiger partial charge in [-0.3, -0.25) is 4.79 Å². The molecule has 0 aromatic carbocycles. The predicted octanol–water partition coefficient (Wildman–Crippen LogP) is 0.515. The Hall–Kier alpha value is -1.82. The van der Waals surface area contributed by atoms with E-state index in [2.05, 4.69) is 0 Å². The molecule has 1 saturated heterocycles. The lowest BCUT2D eigenvalue weighted by molar-refractivity contribution is -0.606. The van der Waals surface area contributed by atoms with Crippen molar-refractivity contribution in [2.45, 2.75) is 44.4 Å². The van der Waals surface area contributed by atoms with Crippen LogP contribution in [-0.2, 0) is 4.79 Å². The summed E-state index contributed by atoms with van der Waals surface area (Å²) in [5, 5.41) is 22.1. The lowest BCUT2D eigenvalue weighted by Crippen LogP contribution is -2.54. The van der Waals surface area contributed by atoms with Crippen molar-refractivity contribution in [2.75, 3.05) is 6.54 Å². The Morgan fingerprint density at radius 2 is 2.30 bits per heavy atom.